The van der Waals surface area contributed by atoms with Crippen molar-refractivity contribution < 1.29 is 14.4 Å². The maximum absolute atomic E-state index is 11.7. The summed E-state index contributed by atoms with van der Waals surface area (Å²) >= 11 is 15.1. The van der Waals surface area contributed by atoms with Crippen LogP contribution < -0.4 is 10.2 Å². The molecule has 0 unspecified atom stereocenters. The molecular formula is C10H5BrCl2N2O3. The summed E-state index contributed by atoms with van der Waals surface area (Å²) < 4.78 is 0.541. The maximum atomic E-state index is 11.7. The Labute approximate surface area is 120 Å². The van der Waals surface area contributed by atoms with Gasteiger partial charge in [0.15, 0.2) is 0 Å². The molecule has 0 aromatic heterocycles. The second kappa shape index (κ2) is 4.87. The molecule has 1 aliphatic heterocycles. The maximum Gasteiger partial charge on any atom is 0.335 e. The SMILES string of the molecule is O=C1CC(=O)N(c2ccc(Br)c(Cl)c2Cl)C(=O)N1. The fourth-order valence-corrected chi connectivity index (χ4v) is 2.33. The molecule has 0 radical (unpaired) electrons. The summed E-state index contributed by atoms with van der Waals surface area (Å²) in [5.74, 6) is -1.29. The Hall–Kier alpha value is -1.11. The number of amides is 4. The first-order valence-corrected chi connectivity index (χ1v) is 6.27. The number of carbonyl (C=O) groups excluding carboxylic acids is 3. The minimum atomic E-state index is -0.837. The molecule has 1 N–H and O–H groups in total. The van der Waals surface area contributed by atoms with Crippen LogP contribution in [-0.4, -0.2) is 17.8 Å². The molecule has 2 rings (SSSR count). The van der Waals surface area contributed by atoms with Crippen molar-refractivity contribution in [3.8, 4) is 0 Å². The van der Waals surface area contributed by atoms with Gasteiger partial charge >= 0.3 is 6.03 Å². The Kier molecular flexibility index (Phi) is 3.61. The zero-order valence-corrected chi connectivity index (χ0v) is 11.8. The molecule has 1 fully saturated rings. The van der Waals surface area contributed by atoms with Gasteiger partial charge in [0.05, 0.1) is 15.7 Å². The summed E-state index contributed by atoms with van der Waals surface area (Å²) in [6, 6.07) is 2.18. The number of barbiturate groups is 1. The Balaban J connectivity index is 2.49. The Bertz CT molecular complexity index is 556. The standard InChI is InChI=1S/C10H5BrCl2N2O3/c11-4-1-2-5(9(13)8(4)12)15-7(17)3-6(16)14-10(15)18/h1-2H,3H2,(H,14,16,18). The van der Waals surface area contributed by atoms with E-state index in [9.17, 15) is 14.4 Å². The lowest BCUT2D eigenvalue weighted by Gasteiger charge is -2.25. The van der Waals surface area contributed by atoms with Crippen LogP contribution in [0.15, 0.2) is 16.6 Å². The average Bonchev–Trinajstić information content (AvgIpc) is 2.28. The third-order valence-corrected chi connectivity index (χ3v) is 4.03. The summed E-state index contributed by atoms with van der Waals surface area (Å²) in [5, 5.41) is 2.28. The molecular weight excluding hydrogens is 347 g/mol. The first kappa shape index (κ1) is 13.3. The molecule has 5 nitrogen and oxygen atoms in total. The highest BCUT2D eigenvalue weighted by Gasteiger charge is 2.33. The molecule has 0 aliphatic carbocycles. The van der Waals surface area contributed by atoms with Gasteiger partial charge in [-0.1, -0.05) is 23.2 Å². The third kappa shape index (κ3) is 2.23. The Morgan fingerprint density at radius 3 is 2.44 bits per heavy atom. The van der Waals surface area contributed by atoms with E-state index in [0.717, 1.165) is 4.90 Å². The fraction of sp³-hybridized carbons (Fsp3) is 0.100. The van der Waals surface area contributed by atoms with Crippen molar-refractivity contribution in [3.63, 3.8) is 0 Å². The van der Waals surface area contributed by atoms with E-state index in [4.69, 9.17) is 23.2 Å². The van der Waals surface area contributed by atoms with Crippen LogP contribution in [0, 0.1) is 0 Å². The van der Waals surface area contributed by atoms with E-state index in [0.29, 0.717) is 4.47 Å². The lowest BCUT2D eigenvalue weighted by atomic mass is 10.2. The Morgan fingerprint density at radius 1 is 1.17 bits per heavy atom. The van der Waals surface area contributed by atoms with E-state index < -0.39 is 24.3 Å². The van der Waals surface area contributed by atoms with Crippen LogP contribution in [0.1, 0.15) is 6.42 Å². The molecule has 18 heavy (non-hydrogen) atoms. The number of carbonyl (C=O) groups is 3. The van der Waals surface area contributed by atoms with Crippen molar-refractivity contribution in [1.82, 2.24) is 5.32 Å². The largest absolute Gasteiger partial charge is 0.335 e. The molecule has 8 heteroatoms. The fourth-order valence-electron chi connectivity index (χ4n) is 1.48. The number of benzene rings is 1. The van der Waals surface area contributed by atoms with Crippen LogP contribution in [0.25, 0.3) is 0 Å². The van der Waals surface area contributed by atoms with Crippen molar-refractivity contribution in [2.75, 3.05) is 4.90 Å². The summed E-state index contributed by atoms with van der Waals surface area (Å²) in [4.78, 5) is 35.1. The summed E-state index contributed by atoms with van der Waals surface area (Å²) in [7, 11) is 0. The molecule has 0 bridgehead atoms. The zero-order chi connectivity index (χ0) is 13.4. The monoisotopic (exact) mass is 350 g/mol. The van der Waals surface area contributed by atoms with Gasteiger partial charge in [-0.2, -0.15) is 0 Å². The van der Waals surface area contributed by atoms with Gasteiger partial charge in [0.2, 0.25) is 11.8 Å². The van der Waals surface area contributed by atoms with Crippen LogP contribution in [0.4, 0.5) is 10.5 Å². The number of hydrogen-bond donors (Lipinski definition) is 1. The van der Waals surface area contributed by atoms with Gasteiger partial charge in [-0.25, -0.2) is 9.69 Å². The van der Waals surface area contributed by atoms with Crippen molar-refractivity contribution in [2.45, 2.75) is 6.42 Å². The number of nitrogens with one attached hydrogen (secondary N) is 1. The van der Waals surface area contributed by atoms with Crippen LogP contribution in [-0.2, 0) is 9.59 Å². The number of imide groups is 2. The number of rotatable bonds is 1. The van der Waals surface area contributed by atoms with Crippen LogP contribution in [0.3, 0.4) is 0 Å². The van der Waals surface area contributed by atoms with Gasteiger partial charge in [-0.05, 0) is 28.1 Å². The van der Waals surface area contributed by atoms with E-state index in [2.05, 4.69) is 15.9 Å². The van der Waals surface area contributed by atoms with Gasteiger partial charge in [-0.15, -0.1) is 0 Å². The van der Waals surface area contributed by atoms with Crippen LogP contribution in [0.2, 0.25) is 10.0 Å². The quantitative estimate of drug-likeness (QED) is 0.624. The van der Waals surface area contributed by atoms with Gasteiger partial charge in [0, 0.05) is 4.47 Å². The summed E-state index contributed by atoms with van der Waals surface area (Å²) in [5.41, 5.74) is 0.139. The molecule has 4 amide bonds. The molecule has 1 saturated heterocycles. The predicted octanol–water partition coefficient (Wildman–Crippen LogP) is 2.73. The summed E-state index contributed by atoms with van der Waals surface area (Å²) in [6.07, 6.45) is -0.407. The number of hydrogen-bond acceptors (Lipinski definition) is 3. The number of halogens is 3. The zero-order valence-electron chi connectivity index (χ0n) is 8.67. The van der Waals surface area contributed by atoms with Crippen molar-refractivity contribution in [3.05, 3.63) is 26.7 Å². The highest BCUT2D eigenvalue weighted by atomic mass is 79.9. The van der Waals surface area contributed by atoms with Crippen molar-refractivity contribution in [2.24, 2.45) is 0 Å². The molecule has 1 heterocycles. The molecule has 1 aromatic rings. The molecule has 0 atom stereocenters. The van der Waals surface area contributed by atoms with Crippen molar-refractivity contribution in [1.29, 1.82) is 0 Å². The first-order valence-electron chi connectivity index (χ1n) is 4.72. The molecule has 0 saturated carbocycles. The first-order chi connectivity index (χ1) is 8.41. The highest BCUT2D eigenvalue weighted by Crippen LogP contribution is 2.38. The van der Waals surface area contributed by atoms with E-state index in [-0.39, 0.29) is 15.7 Å². The predicted molar refractivity (Wildman–Crippen MR) is 69.8 cm³/mol. The number of anilines is 1. The Morgan fingerprint density at radius 2 is 1.83 bits per heavy atom. The minimum absolute atomic E-state index is 0.0592. The van der Waals surface area contributed by atoms with Gasteiger partial charge in [0.25, 0.3) is 0 Å². The molecule has 1 aromatic carbocycles. The minimum Gasteiger partial charge on any atom is -0.277 e. The molecule has 94 valence electrons. The van der Waals surface area contributed by atoms with E-state index in [1.807, 2.05) is 5.32 Å². The summed E-state index contributed by atoms with van der Waals surface area (Å²) in [6.45, 7) is 0. The van der Waals surface area contributed by atoms with E-state index >= 15 is 0 Å². The second-order valence-corrected chi connectivity index (χ2v) is 5.06. The number of urea groups is 1. The normalized spacial score (nSPS) is 15.9. The molecule has 0 spiro atoms. The molecule has 1 aliphatic rings. The third-order valence-electron chi connectivity index (χ3n) is 2.27. The van der Waals surface area contributed by atoms with E-state index in [1.54, 1.807) is 6.07 Å². The van der Waals surface area contributed by atoms with Gasteiger partial charge in [0.1, 0.15) is 6.42 Å². The van der Waals surface area contributed by atoms with E-state index in [1.165, 1.54) is 6.07 Å². The topological polar surface area (TPSA) is 66.5 Å². The lowest BCUT2D eigenvalue weighted by molar-refractivity contribution is -0.128. The average molecular weight is 352 g/mol. The second-order valence-electron chi connectivity index (χ2n) is 3.45. The number of nitrogens with zero attached hydrogens (tertiary/aromatic N) is 1. The van der Waals surface area contributed by atoms with Crippen LogP contribution in [0.5, 0.6) is 0 Å². The lowest BCUT2D eigenvalue weighted by Crippen LogP contribution is -2.53. The van der Waals surface area contributed by atoms with Crippen LogP contribution >= 0.6 is 39.1 Å². The van der Waals surface area contributed by atoms with Gasteiger partial charge < -0.3 is 0 Å². The highest BCUT2D eigenvalue weighted by molar-refractivity contribution is 9.10. The van der Waals surface area contributed by atoms with Crippen molar-refractivity contribution >= 4 is 62.7 Å². The smallest absolute Gasteiger partial charge is 0.277 e. The van der Waals surface area contributed by atoms with Gasteiger partial charge in [-0.3, -0.25) is 14.9 Å².